The van der Waals surface area contributed by atoms with Crippen LogP contribution in [0.2, 0.25) is 5.02 Å². The molecule has 0 atom stereocenters. The zero-order chi connectivity index (χ0) is 12.3. The van der Waals surface area contributed by atoms with Crippen LogP contribution < -0.4 is 0 Å². The molecular weight excluding hydrogens is 260 g/mol. The molecule has 0 aliphatic carbocycles. The summed E-state index contributed by atoms with van der Waals surface area (Å²) < 4.78 is 5.19. The fourth-order valence-corrected chi connectivity index (χ4v) is 2.34. The van der Waals surface area contributed by atoms with Crippen molar-refractivity contribution in [3.8, 4) is 0 Å². The molecule has 0 fully saturated rings. The summed E-state index contributed by atoms with van der Waals surface area (Å²) in [6.07, 6.45) is 1.61. The maximum absolute atomic E-state index is 10.9. The molecule has 88 valence electrons. The molecule has 0 bridgehead atoms. The van der Waals surface area contributed by atoms with Crippen LogP contribution in [0.15, 0.2) is 45.9 Å². The van der Waals surface area contributed by atoms with Crippen LogP contribution in [-0.2, 0) is 5.75 Å². The van der Waals surface area contributed by atoms with E-state index in [1.165, 1.54) is 11.8 Å². The number of benzene rings is 1. The number of thioether (sulfide) groups is 1. The molecule has 0 spiro atoms. The van der Waals surface area contributed by atoms with Crippen molar-refractivity contribution in [3.05, 3.63) is 52.9 Å². The Morgan fingerprint density at radius 2 is 2.24 bits per heavy atom. The third-order valence-corrected chi connectivity index (χ3v) is 3.48. The van der Waals surface area contributed by atoms with Gasteiger partial charge in [-0.2, -0.15) is 0 Å². The predicted molar refractivity (Wildman–Crippen MR) is 66.7 cm³/mol. The van der Waals surface area contributed by atoms with Crippen molar-refractivity contribution < 1.29 is 14.3 Å². The van der Waals surface area contributed by atoms with E-state index in [-0.39, 0.29) is 10.6 Å². The Labute approximate surface area is 107 Å². The van der Waals surface area contributed by atoms with E-state index in [9.17, 15) is 4.79 Å². The SMILES string of the molecule is O=C(O)c1cc(SCc2ccco2)ccc1Cl. The van der Waals surface area contributed by atoms with E-state index in [0.29, 0.717) is 5.75 Å². The quantitative estimate of drug-likeness (QED) is 0.854. The molecule has 0 unspecified atom stereocenters. The van der Waals surface area contributed by atoms with Crippen molar-refractivity contribution in [2.24, 2.45) is 0 Å². The predicted octanol–water partition coefficient (Wildman–Crippen LogP) is 3.92. The van der Waals surface area contributed by atoms with Gasteiger partial charge < -0.3 is 9.52 Å². The molecule has 1 N–H and O–H groups in total. The third-order valence-electron chi connectivity index (χ3n) is 2.13. The first-order valence-electron chi connectivity index (χ1n) is 4.85. The summed E-state index contributed by atoms with van der Waals surface area (Å²) in [4.78, 5) is 11.7. The van der Waals surface area contributed by atoms with Gasteiger partial charge >= 0.3 is 5.97 Å². The molecule has 3 nitrogen and oxygen atoms in total. The summed E-state index contributed by atoms with van der Waals surface area (Å²) in [5.74, 6) is 0.491. The summed E-state index contributed by atoms with van der Waals surface area (Å²) >= 11 is 7.29. The summed E-state index contributed by atoms with van der Waals surface area (Å²) in [5.41, 5.74) is 0.121. The lowest BCUT2D eigenvalue weighted by Gasteiger charge is -2.03. The Morgan fingerprint density at radius 3 is 2.88 bits per heavy atom. The largest absolute Gasteiger partial charge is 0.478 e. The van der Waals surface area contributed by atoms with Crippen LogP contribution in [0.5, 0.6) is 0 Å². The van der Waals surface area contributed by atoms with Crippen LogP contribution in [0.25, 0.3) is 0 Å². The first-order valence-corrected chi connectivity index (χ1v) is 6.21. The second kappa shape index (κ2) is 5.29. The number of carboxylic acid groups (broad SMARTS) is 1. The van der Waals surface area contributed by atoms with E-state index < -0.39 is 5.97 Å². The maximum Gasteiger partial charge on any atom is 0.337 e. The van der Waals surface area contributed by atoms with Gasteiger partial charge in [-0.3, -0.25) is 0 Å². The van der Waals surface area contributed by atoms with Gasteiger partial charge in [0.15, 0.2) is 0 Å². The average Bonchev–Trinajstić information content (AvgIpc) is 2.80. The summed E-state index contributed by atoms with van der Waals surface area (Å²) in [5, 5.41) is 9.18. The van der Waals surface area contributed by atoms with Gasteiger partial charge in [0.1, 0.15) is 5.76 Å². The smallest absolute Gasteiger partial charge is 0.337 e. The van der Waals surface area contributed by atoms with E-state index in [1.807, 2.05) is 12.1 Å². The van der Waals surface area contributed by atoms with Crippen molar-refractivity contribution in [3.63, 3.8) is 0 Å². The van der Waals surface area contributed by atoms with Gasteiger partial charge in [0.05, 0.1) is 22.6 Å². The molecule has 0 radical (unpaired) electrons. The van der Waals surface area contributed by atoms with Crippen LogP contribution >= 0.6 is 23.4 Å². The minimum atomic E-state index is -1.02. The highest BCUT2D eigenvalue weighted by atomic mass is 35.5. The number of furan rings is 1. The number of hydrogen-bond donors (Lipinski definition) is 1. The number of carbonyl (C=O) groups is 1. The van der Waals surface area contributed by atoms with E-state index in [1.54, 1.807) is 24.5 Å². The van der Waals surface area contributed by atoms with Crippen LogP contribution in [-0.4, -0.2) is 11.1 Å². The topological polar surface area (TPSA) is 50.4 Å². The summed E-state index contributed by atoms with van der Waals surface area (Å²) in [6, 6.07) is 8.65. The number of halogens is 1. The molecule has 2 rings (SSSR count). The highest BCUT2D eigenvalue weighted by Crippen LogP contribution is 2.27. The normalized spacial score (nSPS) is 10.4. The molecule has 2 aromatic rings. The van der Waals surface area contributed by atoms with E-state index in [0.717, 1.165) is 10.7 Å². The van der Waals surface area contributed by atoms with Crippen molar-refractivity contribution in [1.29, 1.82) is 0 Å². The standard InChI is InChI=1S/C12H9ClO3S/c13-11-4-3-9(6-10(11)12(14)15)17-7-8-2-1-5-16-8/h1-6H,7H2,(H,14,15). The van der Waals surface area contributed by atoms with E-state index in [4.69, 9.17) is 21.1 Å². The first-order chi connectivity index (χ1) is 8.16. The molecule has 17 heavy (non-hydrogen) atoms. The fourth-order valence-electron chi connectivity index (χ4n) is 1.31. The molecule has 0 aliphatic rings. The molecule has 0 aliphatic heterocycles. The maximum atomic E-state index is 10.9. The molecular formula is C12H9ClO3S. The minimum absolute atomic E-state index is 0.121. The molecule has 1 aromatic heterocycles. The van der Waals surface area contributed by atoms with E-state index in [2.05, 4.69) is 0 Å². The molecule has 0 amide bonds. The van der Waals surface area contributed by atoms with Crippen LogP contribution in [0.3, 0.4) is 0 Å². The van der Waals surface area contributed by atoms with Gasteiger partial charge in [0.2, 0.25) is 0 Å². The van der Waals surface area contributed by atoms with Gasteiger partial charge in [-0.1, -0.05) is 11.6 Å². The van der Waals surface area contributed by atoms with Gasteiger partial charge in [0.25, 0.3) is 0 Å². The van der Waals surface area contributed by atoms with Crippen molar-refractivity contribution in [1.82, 2.24) is 0 Å². The molecule has 1 heterocycles. The molecule has 5 heteroatoms. The van der Waals surface area contributed by atoms with E-state index >= 15 is 0 Å². The zero-order valence-corrected chi connectivity index (χ0v) is 10.3. The zero-order valence-electron chi connectivity index (χ0n) is 8.72. The summed E-state index contributed by atoms with van der Waals surface area (Å²) in [7, 11) is 0. The Hall–Kier alpha value is -1.39. The Bertz CT molecular complexity index is 523. The van der Waals surface area contributed by atoms with Crippen molar-refractivity contribution in [2.45, 2.75) is 10.6 Å². The highest BCUT2D eigenvalue weighted by Gasteiger charge is 2.09. The van der Waals surface area contributed by atoms with Gasteiger partial charge in [0, 0.05) is 4.90 Å². The third kappa shape index (κ3) is 3.05. The first kappa shape index (κ1) is 12.1. The van der Waals surface area contributed by atoms with Crippen molar-refractivity contribution in [2.75, 3.05) is 0 Å². The molecule has 1 aromatic carbocycles. The average molecular weight is 269 g/mol. The highest BCUT2D eigenvalue weighted by molar-refractivity contribution is 7.98. The fraction of sp³-hybridized carbons (Fsp3) is 0.0833. The lowest BCUT2D eigenvalue weighted by molar-refractivity contribution is 0.0697. The van der Waals surface area contributed by atoms with Crippen LogP contribution in [0.4, 0.5) is 0 Å². The Balaban J connectivity index is 2.11. The van der Waals surface area contributed by atoms with Crippen LogP contribution in [0.1, 0.15) is 16.1 Å². The second-order valence-electron chi connectivity index (χ2n) is 3.31. The van der Waals surface area contributed by atoms with Gasteiger partial charge in [-0.25, -0.2) is 4.79 Å². The Morgan fingerprint density at radius 1 is 1.41 bits per heavy atom. The number of aromatic carboxylic acids is 1. The molecule has 0 saturated heterocycles. The van der Waals surface area contributed by atoms with Crippen LogP contribution in [0, 0.1) is 0 Å². The Kier molecular flexibility index (Phi) is 3.76. The second-order valence-corrected chi connectivity index (χ2v) is 4.77. The number of hydrogen-bond acceptors (Lipinski definition) is 3. The summed E-state index contributed by atoms with van der Waals surface area (Å²) in [6.45, 7) is 0. The number of carboxylic acids is 1. The van der Waals surface area contributed by atoms with Gasteiger partial charge in [-0.05, 0) is 30.3 Å². The minimum Gasteiger partial charge on any atom is -0.478 e. The lowest BCUT2D eigenvalue weighted by Crippen LogP contribution is -1.97. The lowest BCUT2D eigenvalue weighted by atomic mass is 10.2. The number of rotatable bonds is 4. The van der Waals surface area contributed by atoms with Gasteiger partial charge in [-0.15, -0.1) is 11.8 Å². The molecule has 0 saturated carbocycles. The van der Waals surface area contributed by atoms with Crippen molar-refractivity contribution >= 4 is 29.3 Å². The monoisotopic (exact) mass is 268 g/mol.